The van der Waals surface area contributed by atoms with Gasteiger partial charge < -0.3 is 10.5 Å². The standard InChI is InChI=1S/C14H22ClNOS/c1-14(2,17-3)9-8-11(16)10-18-13-7-5-4-6-12(13)15/h4-7,11H,8-10,16H2,1-3H3. The number of benzene rings is 1. The molecule has 0 bridgehead atoms. The molecule has 1 atom stereocenters. The van der Waals surface area contributed by atoms with Crippen molar-refractivity contribution in [2.45, 2.75) is 43.2 Å². The summed E-state index contributed by atoms with van der Waals surface area (Å²) in [4.78, 5) is 1.10. The van der Waals surface area contributed by atoms with E-state index in [1.807, 2.05) is 24.3 Å². The third kappa shape index (κ3) is 5.61. The summed E-state index contributed by atoms with van der Waals surface area (Å²) in [5.41, 5.74) is 6.02. The van der Waals surface area contributed by atoms with Crippen molar-refractivity contribution in [1.29, 1.82) is 0 Å². The molecule has 2 nitrogen and oxygen atoms in total. The summed E-state index contributed by atoms with van der Waals surface area (Å²) in [5.74, 6) is 0.878. The maximum atomic E-state index is 6.11. The van der Waals surface area contributed by atoms with Gasteiger partial charge in [-0.05, 0) is 38.8 Å². The van der Waals surface area contributed by atoms with Crippen molar-refractivity contribution in [2.75, 3.05) is 12.9 Å². The van der Waals surface area contributed by atoms with Crippen LogP contribution in [0.5, 0.6) is 0 Å². The van der Waals surface area contributed by atoms with Gasteiger partial charge in [0, 0.05) is 23.8 Å². The first-order valence-corrected chi connectivity index (χ1v) is 7.49. The molecule has 0 aromatic heterocycles. The highest BCUT2D eigenvalue weighted by atomic mass is 35.5. The molecule has 0 aliphatic carbocycles. The normalized spacial score (nSPS) is 13.6. The Bertz CT molecular complexity index is 371. The van der Waals surface area contributed by atoms with Gasteiger partial charge in [0.25, 0.3) is 0 Å². The van der Waals surface area contributed by atoms with Gasteiger partial charge in [-0.2, -0.15) is 0 Å². The van der Waals surface area contributed by atoms with Crippen molar-refractivity contribution in [2.24, 2.45) is 5.73 Å². The summed E-state index contributed by atoms with van der Waals surface area (Å²) < 4.78 is 5.39. The summed E-state index contributed by atoms with van der Waals surface area (Å²) in [6, 6.07) is 8.03. The summed E-state index contributed by atoms with van der Waals surface area (Å²) >= 11 is 7.81. The minimum atomic E-state index is -0.0906. The zero-order valence-electron chi connectivity index (χ0n) is 11.3. The molecule has 2 N–H and O–H groups in total. The highest BCUT2D eigenvalue weighted by Crippen LogP contribution is 2.27. The minimum absolute atomic E-state index is 0.0906. The van der Waals surface area contributed by atoms with Crippen LogP contribution in [-0.4, -0.2) is 24.5 Å². The molecule has 0 spiro atoms. The number of halogens is 1. The lowest BCUT2D eigenvalue weighted by atomic mass is 10.00. The van der Waals surface area contributed by atoms with Crippen molar-refractivity contribution in [3.8, 4) is 0 Å². The lowest BCUT2D eigenvalue weighted by Crippen LogP contribution is -2.29. The Morgan fingerprint density at radius 3 is 2.67 bits per heavy atom. The average molecular weight is 288 g/mol. The fraction of sp³-hybridized carbons (Fsp3) is 0.571. The van der Waals surface area contributed by atoms with Crippen LogP contribution in [0.15, 0.2) is 29.2 Å². The van der Waals surface area contributed by atoms with Gasteiger partial charge in [0.05, 0.1) is 10.6 Å². The number of nitrogens with two attached hydrogens (primary N) is 1. The second-order valence-electron chi connectivity index (χ2n) is 5.00. The summed E-state index contributed by atoms with van der Waals surface area (Å²) in [7, 11) is 1.74. The fourth-order valence-corrected chi connectivity index (χ4v) is 2.72. The van der Waals surface area contributed by atoms with Crippen molar-refractivity contribution in [1.82, 2.24) is 0 Å². The van der Waals surface area contributed by atoms with E-state index in [1.54, 1.807) is 18.9 Å². The van der Waals surface area contributed by atoms with Crippen LogP contribution in [0.25, 0.3) is 0 Å². The molecular weight excluding hydrogens is 266 g/mol. The van der Waals surface area contributed by atoms with E-state index in [1.165, 1.54) is 0 Å². The van der Waals surface area contributed by atoms with Gasteiger partial charge in [0.1, 0.15) is 0 Å². The van der Waals surface area contributed by atoms with Gasteiger partial charge in [0.15, 0.2) is 0 Å². The van der Waals surface area contributed by atoms with Gasteiger partial charge in [-0.25, -0.2) is 0 Å². The highest BCUT2D eigenvalue weighted by molar-refractivity contribution is 7.99. The Kier molecular flexibility index (Phi) is 6.50. The van der Waals surface area contributed by atoms with Gasteiger partial charge in [-0.15, -0.1) is 11.8 Å². The van der Waals surface area contributed by atoms with Gasteiger partial charge in [-0.3, -0.25) is 0 Å². The summed E-state index contributed by atoms with van der Waals surface area (Å²) in [5, 5.41) is 0.798. The van der Waals surface area contributed by atoms with Crippen LogP contribution < -0.4 is 5.73 Å². The summed E-state index contributed by atoms with van der Waals surface area (Å²) in [6.07, 6.45) is 1.92. The second-order valence-corrected chi connectivity index (χ2v) is 6.47. The smallest absolute Gasteiger partial charge is 0.0623 e. The molecule has 0 aliphatic heterocycles. The molecule has 0 radical (unpaired) electrons. The largest absolute Gasteiger partial charge is 0.379 e. The first-order valence-electron chi connectivity index (χ1n) is 6.12. The van der Waals surface area contributed by atoms with Crippen LogP contribution in [0, 0.1) is 0 Å². The molecule has 18 heavy (non-hydrogen) atoms. The Morgan fingerprint density at radius 1 is 1.39 bits per heavy atom. The van der Waals surface area contributed by atoms with Crippen LogP contribution in [0.4, 0.5) is 0 Å². The molecule has 1 aromatic rings. The maximum Gasteiger partial charge on any atom is 0.0623 e. The van der Waals surface area contributed by atoms with E-state index in [-0.39, 0.29) is 11.6 Å². The molecule has 1 unspecified atom stereocenters. The predicted molar refractivity (Wildman–Crippen MR) is 80.5 cm³/mol. The molecule has 0 saturated carbocycles. The SMILES string of the molecule is COC(C)(C)CCC(N)CSc1ccccc1Cl. The quantitative estimate of drug-likeness (QED) is 0.771. The first-order chi connectivity index (χ1) is 8.44. The van der Waals surface area contributed by atoms with Crippen molar-refractivity contribution < 1.29 is 4.74 Å². The lowest BCUT2D eigenvalue weighted by Gasteiger charge is -2.24. The monoisotopic (exact) mass is 287 g/mol. The molecule has 4 heteroatoms. The number of ether oxygens (including phenoxy) is 1. The van der Waals surface area contributed by atoms with Crippen molar-refractivity contribution >= 4 is 23.4 Å². The summed E-state index contributed by atoms with van der Waals surface area (Å²) in [6.45, 7) is 4.17. The molecule has 1 aromatic carbocycles. The van der Waals surface area contributed by atoms with E-state index in [0.717, 1.165) is 28.5 Å². The van der Waals surface area contributed by atoms with Crippen molar-refractivity contribution in [3.05, 3.63) is 29.3 Å². The Balaban J connectivity index is 2.34. The van der Waals surface area contributed by atoms with E-state index < -0.39 is 0 Å². The molecule has 0 saturated heterocycles. The third-order valence-electron chi connectivity index (χ3n) is 2.96. The topological polar surface area (TPSA) is 35.2 Å². The Hall–Kier alpha value is -0.220. The molecule has 102 valence electrons. The van der Waals surface area contributed by atoms with E-state index in [0.29, 0.717) is 0 Å². The molecular formula is C14H22ClNOS. The Morgan fingerprint density at radius 2 is 2.06 bits per heavy atom. The molecule has 1 rings (SSSR count). The van der Waals surface area contributed by atoms with Crippen LogP contribution in [0.2, 0.25) is 5.02 Å². The zero-order chi connectivity index (χ0) is 13.6. The number of hydrogen-bond donors (Lipinski definition) is 1. The van der Waals surface area contributed by atoms with E-state index in [9.17, 15) is 0 Å². The van der Waals surface area contributed by atoms with Crippen LogP contribution in [-0.2, 0) is 4.74 Å². The van der Waals surface area contributed by atoms with E-state index >= 15 is 0 Å². The van der Waals surface area contributed by atoms with E-state index in [2.05, 4.69) is 13.8 Å². The molecule has 0 amide bonds. The number of thioether (sulfide) groups is 1. The molecule has 0 heterocycles. The number of hydrogen-bond acceptors (Lipinski definition) is 3. The maximum absolute atomic E-state index is 6.11. The van der Waals surface area contributed by atoms with Crippen LogP contribution in [0.1, 0.15) is 26.7 Å². The van der Waals surface area contributed by atoms with E-state index in [4.69, 9.17) is 22.1 Å². The highest BCUT2D eigenvalue weighted by Gasteiger charge is 2.17. The van der Waals surface area contributed by atoms with Gasteiger partial charge in [-0.1, -0.05) is 23.7 Å². The second kappa shape index (κ2) is 7.39. The van der Waals surface area contributed by atoms with Crippen LogP contribution in [0.3, 0.4) is 0 Å². The first kappa shape index (κ1) is 15.8. The third-order valence-corrected chi connectivity index (χ3v) is 4.66. The number of rotatable bonds is 7. The average Bonchev–Trinajstić information content (AvgIpc) is 2.35. The number of methoxy groups -OCH3 is 1. The molecule has 0 aliphatic rings. The predicted octanol–water partition coefficient (Wildman–Crippen LogP) is 3.96. The zero-order valence-corrected chi connectivity index (χ0v) is 12.9. The minimum Gasteiger partial charge on any atom is -0.379 e. The Labute approximate surface area is 119 Å². The van der Waals surface area contributed by atoms with Gasteiger partial charge >= 0.3 is 0 Å². The molecule has 0 fully saturated rings. The fourth-order valence-electron chi connectivity index (χ4n) is 1.48. The lowest BCUT2D eigenvalue weighted by molar-refractivity contribution is 0.0129. The van der Waals surface area contributed by atoms with Crippen molar-refractivity contribution in [3.63, 3.8) is 0 Å². The van der Waals surface area contributed by atoms with Crippen LogP contribution >= 0.6 is 23.4 Å². The van der Waals surface area contributed by atoms with Gasteiger partial charge in [0.2, 0.25) is 0 Å².